The van der Waals surface area contributed by atoms with Crippen LogP contribution in [-0.2, 0) is 11.2 Å². The smallest absolute Gasteiger partial charge is 0.257 e. The molecule has 28 heavy (non-hydrogen) atoms. The van der Waals surface area contributed by atoms with Gasteiger partial charge in [-0.05, 0) is 37.6 Å². The number of rotatable bonds is 6. The van der Waals surface area contributed by atoms with Crippen LogP contribution in [0.3, 0.4) is 0 Å². The number of aryl methyl sites for hydroxylation is 1. The van der Waals surface area contributed by atoms with Gasteiger partial charge in [0, 0.05) is 13.1 Å². The van der Waals surface area contributed by atoms with E-state index in [1.165, 1.54) is 30.3 Å². The van der Waals surface area contributed by atoms with Crippen molar-refractivity contribution in [3.8, 4) is 5.69 Å². The summed E-state index contributed by atoms with van der Waals surface area (Å²) in [5.41, 5.74) is 1.72. The fraction of sp³-hybridized carbons (Fsp3) is 0.263. The Morgan fingerprint density at radius 1 is 1.29 bits per heavy atom. The summed E-state index contributed by atoms with van der Waals surface area (Å²) in [6.45, 7) is 3.45. The van der Waals surface area contributed by atoms with Crippen LogP contribution < -0.4 is 5.32 Å². The van der Waals surface area contributed by atoms with E-state index in [0.29, 0.717) is 34.9 Å². The van der Waals surface area contributed by atoms with Crippen LogP contribution in [0.4, 0.5) is 10.2 Å². The lowest BCUT2D eigenvalue weighted by atomic mass is 10.1. The van der Waals surface area contributed by atoms with Gasteiger partial charge in [-0.1, -0.05) is 12.1 Å². The summed E-state index contributed by atoms with van der Waals surface area (Å²) in [5, 5.41) is 10.5. The molecule has 3 rings (SSSR count). The van der Waals surface area contributed by atoms with Crippen LogP contribution in [0.1, 0.15) is 28.7 Å². The molecule has 9 heteroatoms. The number of nitrogens with zero attached hydrogens (tertiary/aromatic N) is 4. The number of hydrogen-bond acceptors (Lipinski definition) is 5. The lowest BCUT2D eigenvalue weighted by Gasteiger charge is -2.16. The lowest BCUT2D eigenvalue weighted by molar-refractivity contribution is -0.116. The number of amides is 2. The van der Waals surface area contributed by atoms with Crippen molar-refractivity contribution < 1.29 is 18.5 Å². The first-order valence-corrected chi connectivity index (χ1v) is 8.70. The molecule has 8 nitrogen and oxygen atoms in total. The number of anilines is 1. The van der Waals surface area contributed by atoms with E-state index in [9.17, 15) is 14.0 Å². The summed E-state index contributed by atoms with van der Waals surface area (Å²) in [7, 11) is 1.53. The summed E-state index contributed by atoms with van der Waals surface area (Å²) in [5.74, 6) is -0.217. The Morgan fingerprint density at radius 2 is 2.00 bits per heavy atom. The highest BCUT2D eigenvalue weighted by Crippen LogP contribution is 2.18. The van der Waals surface area contributed by atoms with Crippen molar-refractivity contribution in [1.29, 1.82) is 0 Å². The number of benzene rings is 1. The molecular formula is C19H20FN5O3. The second-order valence-corrected chi connectivity index (χ2v) is 6.28. The number of carbonyl (C=O) groups excluding carboxylic acids is 2. The molecular weight excluding hydrogens is 365 g/mol. The molecule has 2 aromatic heterocycles. The van der Waals surface area contributed by atoms with Crippen molar-refractivity contribution in [2.75, 3.05) is 18.9 Å². The van der Waals surface area contributed by atoms with Crippen LogP contribution in [0, 0.1) is 12.7 Å². The maximum absolute atomic E-state index is 13.2. The van der Waals surface area contributed by atoms with Gasteiger partial charge >= 0.3 is 0 Å². The molecule has 3 aromatic rings. The molecule has 0 spiro atoms. The molecule has 146 valence electrons. The van der Waals surface area contributed by atoms with Crippen molar-refractivity contribution in [2.24, 2.45) is 0 Å². The Labute approximate surface area is 160 Å². The van der Waals surface area contributed by atoms with E-state index in [0.717, 1.165) is 0 Å². The minimum atomic E-state index is -0.395. The maximum atomic E-state index is 13.2. The average molecular weight is 385 g/mol. The van der Waals surface area contributed by atoms with Gasteiger partial charge in [-0.15, -0.1) is 0 Å². The van der Waals surface area contributed by atoms with Gasteiger partial charge in [0.15, 0.2) is 5.82 Å². The first kappa shape index (κ1) is 19.3. The van der Waals surface area contributed by atoms with Gasteiger partial charge in [0.2, 0.25) is 5.91 Å². The number of nitrogens with one attached hydrogen (secondary N) is 1. The Balaban J connectivity index is 1.74. The normalized spacial score (nSPS) is 10.7. The number of hydrogen-bond donors (Lipinski definition) is 1. The van der Waals surface area contributed by atoms with E-state index in [2.05, 4.69) is 15.6 Å². The van der Waals surface area contributed by atoms with Crippen molar-refractivity contribution in [1.82, 2.24) is 19.8 Å². The van der Waals surface area contributed by atoms with Crippen molar-refractivity contribution in [3.63, 3.8) is 0 Å². The van der Waals surface area contributed by atoms with E-state index >= 15 is 0 Å². The van der Waals surface area contributed by atoms with Gasteiger partial charge in [-0.25, -0.2) is 9.07 Å². The second kappa shape index (κ2) is 8.03. The number of aromatic nitrogens is 3. The molecule has 1 aromatic carbocycles. The van der Waals surface area contributed by atoms with Crippen LogP contribution in [0.15, 0.2) is 41.1 Å². The van der Waals surface area contributed by atoms with Crippen molar-refractivity contribution >= 4 is 17.6 Å². The Hall–Kier alpha value is -3.49. The Bertz CT molecular complexity index is 993. The van der Waals surface area contributed by atoms with E-state index in [4.69, 9.17) is 4.52 Å². The number of carbonyl (C=O) groups is 2. The number of likely N-dealkylation sites (N-methyl/N-ethyl adjacent to an activating group) is 1. The molecule has 0 saturated heterocycles. The van der Waals surface area contributed by atoms with Crippen molar-refractivity contribution in [3.05, 3.63) is 59.4 Å². The summed E-state index contributed by atoms with van der Waals surface area (Å²) in [6.07, 6.45) is 2.00. The zero-order valence-electron chi connectivity index (χ0n) is 15.8. The molecule has 2 amide bonds. The molecule has 1 N–H and O–H groups in total. The summed E-state index contributed by atoms with van der Waals surface area (Å²) in [6, 6.07) is 7.43. The van der Waals surface area contributed by atoms with Gasteiger partial charge in [-0.3, -0.25) is 9.59 Å². The number of halogens is 1. The molecule has 0 aliphatic rings. The highest BCUT2D eigenvalue weighted by atomic mass is 19.1. The second-order valence-electron chi connectivity index (χ2n) is 6.28. The molecule has 0 aliphatic heterocycles. The molecule has 0 aliphatic carbocycles. The Kier molecular flexibility index (Phi) is 5.53. The summed E-state index contributed by atoms with van der Waals surface area (Å²) < 4.78 is 19.7. The van der Waals surface area contributed by atoms with E-state index in [-0.39, 0.29) is 18.3 Å². The van der Waals surface area contributed by atoms with E-state index < -0.39 is 5.91 Å². The monoisotopic (exact) mass is 385 g/mol. The fourth-order valence-electron chi connectivity index (χ4n) is 2.80. The van der Waals surface area contributed by atoms with E-state index in [1.54, 1.807) is 29.8 Å². The molecule has 0 fully saturated rings. The van der Waals surface area contributed by atoms with Crippen LogP contribution in [0.25, 0.3) is 5.69 Å². The molecule has 0 saturated carbocycles. The van der Waals surface area contributed by atoms with Crippen LogP contribution >= 0.6 is 0 Å². The zero-order chi connectivity index (χ0) is 20.3. The molecule has 0 radical (unpaired) electrons. The third-order valence-corrected chi connectivity index (χ3v) is 4.13. The first-order chi connectivity index (χ1) is 13.4. The third kappa shape index (κ3) is 4.08. The van der Waals surface area contributed by atoms with Gasteiger partial charge in [0.25, 0.3) is 5.91 Å². The minimum absolute atomic E-state index is 0.157. The highest BCUT2D eigenvalue weighted by Gasteiger charge is 2.22. The summed E-state index contributed by atoms with van der Waals surface area (Å²) in [4.78, 5) is 26.3. The minimum Gasteiger partial charge on any atom is -0.360 e. The van der Waals surface area contributed by atoms with Crippen LogP contribution in [-0.4, -0.2) is 45.2 Å². The first-order valence-electron chi connectivity index (χ1n) is 8.70. The largest absolute Gasteiger partial charge is 0.360 e. The van der Waals surface area contributed by atoms with Crippen molar-refractivity contribution in [2.45, 2.75) is 20.3 Å². The standard InChI is InChI=1S/C19H20FN5O3/c1-4-16-15(10-21-25(16)14-7-5-13(20)6-8-14)19(27)24(3)11-18(26)22-17-9-12(2)28-23-17/h5-10H,4,11H2,1-3H3,(H,22,23,26). The average Bonchev–Trinajstić information content (AvgIpc) is 3.27. The van der Waals surface area contributed by atoms with Gasteiger partial charge in [0.1, 0.15) is 11.6 Å². The lowest BCUT2D eigenvalue weighted by Crippen LogP contribution is -2.35. The topological polar surface area (TPSA) is 93.3 Å². The van der Waals surface area contributed by atoms with E-state index in [1.807, 2.05) is 6.92 Å². The molecule has 0 unspecified atom stereocenters. The predicted molar refractivity (Wildman–Crippen MR) is 99.7 cm³/mol. The van der Waals surface area contributed by atoms with Gasteiger partial charge in [0.05, 0.1) is 29.7 Å². The molecule has 0 atom stereocenters. The molecule has 2 heterocycles. The maximum Gasteiger partial charge on any atom is 0.257 e. The van der Waals surface area contributed by atoms with Crippen LogP contribution in [0.5, 0.6) is 0 Å². The zero-order valence-corrected chi connectivity index (χ0v) is 15.8. The third-order valence-electron chi connectivity index (χ3n) is 4.13. The fourth-order valence-corrected chi connectivity index (χ4v) is 2.80. The van der Waals surface area contributed by atoms with Gasteiger partial charge < -0.3 is 14.7 Å². The SMILES string of the molecule is CCc1c(C(=O)N(C)CC(=O)Nc2cc(C)on2)cnn1-c1ccc(F)cc1. The quantitative estimate of drug-likeness (QED) is 0.704. The summed E-state index contributed by atoms with van der Waals surface area (Å²) >= 11 is 0. The van der Waals surface area contributed by atoms with Crippen LogP contribution in [0.2, 0.25) is 0 Å². The highest BCUT2D eigenvalue weighted by molar-refractivity contribution is 5.99. The predicted octanol–water partition coefficient (Wildman–Crippen LogP) is 2.58. The Morgan fingerprint density at radius 3 is 2.61 bits per heavy atom. The molecule has 0 bridgehead atoms. The van der Waals surface area contributed by atoms with Gasteiger partial charge in [-0.2, -0.15) is 5.10 Å².